The molecule has 112 valence electrons. The van der Waals surface area contributed by atoms with E-state index in [1.807, 2.05) is 6.20 Å². The monoisotopic (exact) mass is 306 g/mol. The fraction of sp³-hybridized carbons (Fsp3) is 0.643. The van der Waals surface area contributed by atoms with E-state index in [-0.39, 0.29) is 6.10 Å². The number of hydrogen-bond acceptors (Lipinski definition) is 7. The molecule has 7 heteroatoms. The highest BCUT2D eigenvalue weighted by molar-refractivity contribution is 7.11. The van der Waals surface area contributed by atoms with Crippen LogP contribution < -0.4 is 5.32 Å². The first-order chi connectivity index (χ1) is 10.4. The number of anilines is 1. The Kier molecular flexibility index (Phi) is 3.60. The van der Waals surface area contributed by atoms with Gasteiger partial charge in [-0.1, -0.05) is 5.10 Å². The number of nitrogens with one attached hydrogen (secondary N) is 1. The highest BCUT2D eigenvalue weighted by atomic mass is 32.1. The molecule has 1 aliphatic heterocycles. The molecule has 2 aliphatic rings. The topological polar surface area (TPSA) is 73.1 Å². The van der Waals surface area contributed by atoms with E-state index in [2.05, 4.69) is 20.5 Å². The van der Waals surface area contributed by atoms with Gasteiger partial charge in [0.2, 0.25) is 5.89 Å². The minimum absolute atomic E-state index is 0.192. The van der Waals surface area contributed by atoms with Crippen LogP contribution in [0.15, 0.2) is 10.6 Å². The summed E-state index contributed by atoms with van der Waals surface area (Å²) in [5.74, 6) is 1.50. The SMILES string of the molecule is c1nc(C2CCCO2)sc1CNc1nnc(CC2CC2)o1. The lowest BCUT2D eigenvalue weighted by Crippen LogP contribution is -1.97. The van der Waals surface area contributed by atoms with Crippen LogP contribution >= 0.6 is 11.3 Å². The Hall–Kier alpha value is -1.47. The lowest BCUT2D eigenvalue weighted by Gasteiger charge is -2.03. The van der Waals surface area contributed by atoms with Crippen molar-refractivity contribution in [3.8, 4) is 0 Å². The van der Waals surface area contributed by atoms with Gasteiger partial charge in [0.1, 0.15) is 11.1 Å². The highest BCUT2D eigenvalue weighted by Gasteiger charge is 2.24. The number of aromatic nitrogens is 3. The Morgan fingerprint density at radius 3 is 3.05 bits per heavy atom. The fourth-order valence-corrected chi connectivity index (χ4v) is 3.41. The molecule has 2 aromatic rings. The predicted octanol–water partition coefficient (Wildman–Crippen LogP) is 2.94. The standard InChI is InChI=1S/C14H18N4O2S/c1-2-11(19-5-1)13-15-7-10(21-13)8-16-14-18-17-12(20-14)6-9-3-4-9/h7,9,11H,1-6,8H2,(H,16,18). The summed E-state index contributed by atoms with van der Waals surface area (Å²) < 4.78 is 11.2. The molecule has 0 spiro atoms. The van der Waals surface area contributed by atoms with Gasteiger partial charge in [-0.2, -0.15) is 0 Å². The molecule has 0 amide bonds. The van der Waals surface area contributed by atoms with Crippen molar-refractivity contribution in [2.24, 2.45) is 5.92 Å². The molecule has 1 atom stereocenters. The van der Waals surface area contributed by atoms with Crippen molar-refractivity contribution < 1.29 is 9.15 Å². The molecule has 1 saturated heterocycles. The molecule has 4 rings (SSSR count). The van der Waals surface area contributed by atoms with Crippen molar-refractivity contribution in [3.63, 3.8) is 0 Å². The van der Waals surface area contributed by atoms with Gasteiger partial charge in [-0.3, -0.25) is 0 Å². The summed E-state index contributed by atoms with van der Waals surface area (Å²) in [5.41, 5.74) is 0. The molecule has 1 N–H and O–H groups in total. The maximum atomic E-state index is 5.65. The summed E-state index contributed by atoms with van der Waals surface area (Å²) in [5, 5.41) is 12.3. The van der Waals surface area contributed by atoms with Gasteiger partial charge in [-0.05, 0) is 31.6 Å². The number of thiazole rings is 1. The third kappa shape index (κ3) is 3.24. The largest absolute Gasteiger partial charge is 0.408 e. The minimum Gasteiger partial charge on any atom is -0.408 e. The van der Waals surface area contributed by atoms with Crippen molar-refractivity contribution in [2.75, 3.05) is 11.9 Å². The molecule has 0 radical (unpaired) electrons. The Bertz CT molecular complexity index is 602. The molecule has 1 saturated carbocycles. The van der Waals surface area contributed by atoms with Gasteiger partial charge < -0.3 is 14.5 Å². The number of rotatable bonds is 6. The van der Waals surface area contributed by atoms with E-state index in [9.17, 15) is 0 Å². The van der Waals surface area contributed by atoms with E-state index in [0.29, 0.717) is 12.6 Å². The molecule has 3 heterocycles. The van der Waals surface area contributed by atoms with Crippen LogP contribution in [0.4, 0.5) is 6.01 Å². The van der Waals surface area contributed by atoms with Gasteiger partial charge in [0, 0.05) is 24.1 Å². The zero-order valence-corrected chi connectivity index (χ0v) is 12.6. The average molecular weight is 306 g/mol. The van der Waals surface area contributed by atoms with Gasteiger partial charge in [0.25, 0.3) is 0 Å². The summed E-state index contributed by atoms with van der Waals surface area (Å²) in [4.78, 5) is 5.61. The predicted molar refractivity (Wildman–Crippen MR) is 78.1 cm³/mol. The van der Waals surface area contributed by atoms with Crippen molar-refractivity contribution >= 4 is 17.4 Å². The Morgan fingerprint density at radius 1 is 1.29 bits per heavy atom. The molecule has 6 nitrogen and oxygen atoms in total. The Morgan fingerprint density at radius 2 is 2.24 bits per heavy atom. The lowest BCUT2D eigenvalue weighted by atomic mass is 10.2. The summed E-state index contributed by atoms with van der Waals surface area (Å²) in [6.45, 7) is 1.51. The van der Waals surface area contributed by atoms with E-state index in [1.165, 1.54) is 12.8 Å². The second-order valence-electron chi connectivity index (χ2n) is 5.67. The quantitative estimate of drug-likeness (QED) is 0.884. The summed E-state index contributed by atoms with van der Waals surface area (Å²) in [7, 11) is 0. The van der Waals surface area contributed by atoms with Crippen LogP contribution in [0.2, 0.25) is 0 Å². The Labute approximate surface area is 126 Å². The van der Waals surface area contributed by atoms with Crippen LogP contribution in [0.25, 0.3) is 0 Å². The fourth-order valence-electron chi connectivity index (χ4n) is 2.46. The van der Waals surface area contributed by atoms with Crippen LogP contribution in [0.1, 0.15) is 47.6 Å². The zero-order valence-electron chi connectivity index (χ0n) is 11.7. The maximum Gasteiger partial charge on any atom is 0.315 e. The van der Waals surface area contributed by atoms with Crippen LogP contribution in [0.5, 0.6) is 0 Å². The van der Waals surface area contributed by atoms with Crippen molar-refractivity contribution in [1.29, 1.82) is 0 Å². The molecule has 21 heavy (non-hydrogen) atoms. The molecule has 1 unspecified atom stereocenters. The molecule has 2 fully saturated rings. The first-order valence-corrected chi connectivity index (χ1v) is 8.31. The van der Waals surface area contributed by atoms with Gasteiger partial charge in [0.05, 0.1) is 6.54 Å². The number of ether oxygens (including phenoxy) is 1. The van der Waals surface area contributed by atoms with E-state index >= 15 is 0 Å². The van der Waals surface area contributed by atoms with Crippen molar-refractivity contribution in [2.45, 2.75) is 44.8 Å². The molecule has 0 aromatic carbocycles. The summed E-state index contributed by atoms with van der Waals surface area (Å²) in [6, 6.07) is 0.498. The van der Waals surface area contributed by atoms with Crippen LogP contribution in [-0.2, 0) is 17.7 Å². The molecular formula is C14H18N4O2S. The molecular weight excluding hydrogens is 288 g/mol. The number of hydrogen-bond donors (Lipinski definition) is 1. The minimum atomic E-state index is 0.192. The number of nitrogens with zero attached hydrogens (tertiary/aromatic N) is 3. The third-order valence-corrected chi connectivity index (χ3v) is 4.91. The smallest absolute Gasteiger partial charge is 0.315 e. The second-order valence-corrected chi connectivity index (χ2v) is 6.82. The van der Waals surface area contributed by atoms with Gasteiger partial charge in [-0.15, -0.1) is 16.4 Å². The summed E-state index contributed by atoms with van der Waals surface area (Å²) >= 11 is 1.69. The maximum absolute atomic E-state index is 5.65. The molecule has 2 aromatic heterocycles. The van der Waals surface area contributed by atoms with Crippen LogP contribution in [-0.4, -0.2) is 21.8 Å². The van der Waals surface area contributed by atoms with Crippen molar-refractivity contribution in [1.82, 2.24) is 15.2 Å². The van der Waals surface area contributed by atoms with Crippen LogP contribution in [0.3, 0.4) is 0 Å². The molecule has 0 bridgehead atoms. The van der Waals surface area contributed by atoms with E-state index in [4.69, 9.17) is 9.15 Å². The van der Waals surface area contributed by atoms with E-state index < -0.39 is 0 Å². The van der Waals surface area contributed by atoms with E-state index in [0.717, 1.165) is 47.6 Å². The third-order valence-electron chi connectivity index (χ3n) is 3.82. The zero-order chi connectivity index (χ0) is 14.1. The first kappa shape index (κ1) is 13.2. The van der Waals surface area contributed by atoms with Gasteiger partial charge >= 0.3 is 6.01 Å². The second kappa shape index (κ2) is 5.73. The first-order valence-electron chi connectivity index (χ1n) is 7.49. The van der Waals surface area contributed by atoms with Crippen molar-refractivity contribution in [3.05, 3.63) is 22.0 Å². The average Bonchev–Trinajstić information content (AvgIpc) is 2.94. The van der Waals surface area contributed by atoms with E-state index in [1.54, 1.807) is 11.3 Å². The van der Waals surface area contributed by atoms with Crippen LogP contribution in [0, 0.1) is 5.92 Å². The molecule has 1 aliphatic carbocycles. The normalized spacial score (nSPS) is 21.8. The van der Waals surface area contributed by atoms with Gasteiger partial charge in [-0.25, -0.2) is 4.98 Å². The highest BCUT2D eigenvalue weighted by Crippen LogP contribution is 2.33. The lowest BCUT2D eigenvalue weighted by molar-refractivity contribution is 0.111. The Balaban J connectivity index is 1.32. The summed E-state index contributed by atoms with van der Waals surface area (Å²) in [6.07, 6.45) is 7.79. The van der Waals surface area contributed by atoms with Gasteiger partial charge in [0.15, 0.2) is 0 Å².